The Morgan fingerprint density at radius 1 is 0.609 bits per heavy atom. The minimum atomic E-state index is 0.221. The summed E-state index contributed by atoms with van der Waals surface area (Å²) in [4.78, 5) is 0. The molecule has 3 heteroatoms. The Bertz CT molecular complexity index is 772. The number of benzene rings is 2. The van der Waals surface area contributed by atoms with Crippen LogP contribution in [0.3, 0.4) is 0 Å². The Labute approximate surface area is 142 Å². The molecule has 0 aliphatic heterocycles. The van der Waals surface area contributed by atoms with Crippen LogP contribution in [0.15, 0.2) is 36.4 Å². The van der Waals surface area contributed by atoms with Crippen LogP contribution < -0.4 is 0 Å². The van der Waals surface area contributed by atoms with Gasteiger partial charge >= 0.3 is 143 Å². The van der Waals surface area contributed by atoms with Gasteiger partial charge in [0.25, 0.3) is 0 Å². The molecule has 2 nitrogen and oxygen atoms in total. The molecule has 23 heavy (non-hydrogen) atoms. The van der Waals surface area contributed by atoms with Gasteiger partial charge in [-0.25, -0.2) is 0 Å². The third-order valence-corrected chi connectivity index (χ3v) is 6.48. The van der Waals surface area contributed by atoms with E-state index < -0.39 is 0 Å². The fourth-order valence-electron chi connectivity index (χ4n) is 3.27. The van der Waals surface area contributed by atoms with Crippen LogP contribution in [0.2, 0.25) is 0 Å². The van der Waals surface area contributed by atoms with E-state index in [-0.39, 0.29) is 14.5 Å². The van der Waals surface area contributed by atoms with Crippen molar-refractivity contribution in [1.82, 2.24) is 0 Å². The van der Waals surface area contributed by atoms with E-state index in [0.717, 1.165) is 22.3 Å². The molecule has 0 spiro atoms. The zero-order valence-electron chi connectivity index (χ0n) is 13.8. The second-order valence-electron chi connectivity index (χ2n) is 6.07. The summed E-state index contributed by atoms with van der Waals surface area (Å²) in [6.07, 6.45) is 0. The number of phenolic OH excluding ortho intramolecular Hbond substituents is 2. The van der Waals surface area contributed by atoms with Crippen LogP contribution in [0.5, 0.6) is 11.5 Å². The molecule has 0 saturated carbocycles. The van der Waals surface area contributed by atoms with Crippen LogP contribution >= 0.6 is 0 Å². The summed E-state index contributed by atoms with van der Waals surface area (Å²) >= 11 is 0.221. The molecule has 0 unspecified atom stereocenters. The molecule has 0 aliphatic carbocycles. The van der Waals surface area contributed by atoms with Crippen molar-refractivity contribution in [2.24, 2.45) is 0 Å². The molecule has 2 N–H and O–H groups in total. The van der Waals surface area contributed by atoms with E-state index in [4.69, 9.17) is 0 Å². The van der Waals surface area contributed by atoms with E-state index >= 15 is 0 Å². The molecular formula is C20H20O2Se. The molecule has 3 aromatic rings. The van der Waals surface area contributed by atoms with Gasteiger partial charge in [0.15, 0.2) is 0 Å². The molecule has 0 fully saturated rings. The Balaban J connectivity index is 2.13. The molecule has 1 aromatic heterocycles. The van der Waals surface area contributed by atoms with Crippen molar-refractivity contribution < 1.29 is 10.2 Å². The van der Waals surface area contributed by atoms with E-state index in [1.165, 1.54) is 20.0 Å². The number of hydrogen-bond acceptors (Lipinski definition) is 2. The topological polar surface area (TPSA) is 40.5 Å². The quantitative estimate of drug-likeness (QED) is 0.640. The van der Waals surface area contributed by atoms with Crippen molar-refractivity contribution in [3.63, 3.8) is 0 Å². The van der Waals surface area contributed by atoms with Gasteiger partial charge in [0, 0.05) is 0 Å². The molecule has 118 valence electrons. The maximum absolute atomic E-state index is 9.74. The monoisotopic (exact) mass is 372 g/mol. The Morgan fingerprint density at radius 2 is 0.913 bits per heavy atom. The van der Waals surface area contributed by atoms with E-state index in [1.807, 2.05) is 52.0 Å². The summed E-state index contributed by atoms with van der Waals surface area (Å²) in [5.74, 6) is 0.654. The Hall–Kier alpha value is -1.96. The molecule has 1 heterocycles. The van der Waals surface area contributed by atoms with E-state index in [2.05, 4.69) is 12.1 Å². The number of aromatic hydroxyl groups is 2. The second-order valence-corrected chi connectivity index (χ2v) is 8.35. The van der Waals surface area contributed by atoms with Gasteiger partial charge < -0.3 is 0 Å². The average molecular weight is 371 g/mol. The normalized spacial score (nSPS) is 11.0. The first-order valence-corrected chi connectivity index (χ1v) is 9.29. The van der Waals surface area contributed by atoms with Crippen molar-refractivity contribution >= 4 is 14.5 Å². The van der Waals surface area contributed by atoms with Crippen molar-refractivity contribution in [1.29, 1.82) is 0 Å². The molecule has 0 radical (unpaired) electrons. The summed E-state index contributed by atoms with van der Waals surface area (Å²) in [5.41, 5.74) is 6.97. The van der Waals surface area contributed by atoms with Crippen molar-refractivity contribution in [3.8, 4) is 31.5 Å². The van der Waals surface area contributed by atoms with E-state index in [1.54, 1.807) is 0 Å². The van der Waals surface area contributed by atoms with Crippen LogP contribution in [0, 0.1) is 27.7 Å². The van der Waals surface area contributed by atoms with Gasteiger partial charge in [-0.3, -0.25) is 0 Å². The third kappa shape index (κ3) is 2.95. The average Bonchev–Trinajstić information content (AvgIpc) is 2.85. The molecule has 3 rings (SSSR count). The van der Waals surface area contributed by atoms with Gasteiger partial charge in [-0.1, -0.05) is 0 Å². The van der Waals surface area contributed by atoms with Crippen LogP contribution in [0.25, 0.3) is 20.0 Å². The third-order valence-electron chi connectivity index (χ3n) is 4.13. The summed E-state index contributed by atoms with van der Waals surface area (Å²) in [6, 6.07) is 11.7. The SMILES string of the molecule is Cc1cc(O)cc(C)c1-c1ccc(-c2c(C)cc(O)cc2C)[se]1. The molecule has 2 aromatic carbocycles. The predicted molar refractivity (Wildman–Crippen MR) is 96.5 cm³/mol. The molecule has 0 aliphatic rings. The van der Waals surface area contributed by atoms with Gasteiger partial charge in [-0.15, -0.1) is 0 Å². The van der Waals surface area contributed by atoms with Gasteiger partial charge in [0.1, 0.15) is 0 Å². The number of phenols is 2. The predicted octanol–water partition coefficient (Wildman–Crippen LogP) is 4.72. The van der Waals surface area contributed by atoms with Gasteiger partial charge in [-0.05, 0) is 0 Å². The number of aryl methyl sites for hydroxylation is 4. The summed E-state index contributed by atoms with van der Waals surface area (Å²) in [7, 11) is 0. The molecule has 0 bridgehead atoms. The maximum atomic E-state index is 9.74. The van der Waals surface area contributed by atoms with Crippen LogP contribution in [0.1, 0.15) is 22.3 Å². The summed E-state index contributed by atoms with van der Waals surface area (Å²) in [6.45, 7) is 8.20. The van der Waals surface area contributed by atoms with Crippen molar-refractivity contribution in [2.75, 3.05) is 0 Å². The van der Waals surface area contributed by atoms with Crippen molar-refractivity contribution in [2.45, 2.75) is 27.7 Å². The zero-order valence-corrected chi connectivity index (χ0v) is 15.5. The zero-order chi connectivity index (χ0) is 16.7. The second kappa shape index (κ2) is 5.92. The van der Waals surface area contributed by atoms with Gasteiger partial charge in [-0.2, -0.15) is 0 Å². The number of hydrogen-bond donors (Lipinski definition) is 2. The van der Waals surface area contributed by atoms with Crippen molar-refractivity contribution in [3.05, 3.63) is 58.7 Å². The summed E-state index contributed by atoms with van der Waals surface area (Å²) < 4.78 is 2.68. The molecule has 0 saturated heterocycles. The van der Waals surface area contributed by atoms with E-state index in [9.17, 15) is 10.2 Å². The first-order chi connectivity index (χ1) is 10.9. The van der Waals surface area contributed by atoms with Crippen LogP contribution in [0.4, 0.5) is 0 Å². The fourth-order valence-corrected chi connectivity index (χ4v) is 6.11. The summed E-state index contributed by atoms with van der Waals surface area (Å²) in [5, 5.41) is 19.5. The molecule has 0 amide bonds. The minimum absolute atomic E-state index is 0.221. The molecular weight excluding hydrogens is 351 g/mol. The van der Waals surface area contributed by atoms with E-state index in [0.29, 0.717) is 11.5 Å². The van der Waals surface area contributed by atoms with Gasteiger partial charge in [0.2, 0.25) is 0 Å². The molecule has 0 atom stereocenters. The fraction of sp³-hybridized carbons (Fsp3) is 0.200. The Kier molecular flexibility index (Phi) is 4.09. The van der Waals surface area contributed by atoms with Gasteiger partial charge in [0.05, 0.1) is 0 Å². The Morgan fingerprint density at radius 3 is 1.22 bits per heavy atom. The number of rotatable bonds is 2. The van der Waals surface area contributed by atoms with Crippen LogP contribution in [-0.4, -0.2) is 24.7 Å². The first-order valence-electron chi connectivity index (χ1n) is 7.58. The van der Waals surface area contributed by atoms with Crippen LogP contribution in [-0.2, 0) is 0 Å². The standard InChI is InChI=1S/C20H20O2Se/c1-11-7-15(21)8-12(2)19(11)17-5-6-18(23-17)20-13(3)9-16(22)10-14(20)4/h5-10,21-22H,1-4H3. The first kappa shape index (κ1) is 15.9.